The van der Waals surface area contributed by atoms with Crippen molar-refractivity contribution in [2.45, 2.75) is 6.61 Å². The fourth-order valence-corrected chi connectivity index (χ4v) is 1.77. The van der Waals surface area contributed by atoms with E-state index in [4.69, 9.17) is 14.8 Å². The third-order valence-electron chi connectivity index (χ3n) is 2.87. The van der Waals surface area contributed by atoms with Crippen LogP contribution < -0.4 is 15.7 Å². The van der Waals surface area contributed by atoms with E-state index in [2.05, 4.69) is 0 Å². The van der Waals surface area contributed by atoms with Crippen LogP contribution >= 0.6 is 0 Å². The van der Waals surface area contributed by atoms with Crippen molar-refractivity contribution >= 4 is 25.2 Å². The molecule has 0 aliphatic heterocycles. The van der Waals surface area contributed by atoms with Crippen LogP contribution in [0.15, 0.2) is 48.5 Å². The molecule has 20 heavy (non-hydrogen) atoms. The minimum atomic E-state index is -1.59. The van der Waals surface area contributed by atoms with Crippen molar-refractivity contribution in [1.29, 1.82) is 0 Å². The summed E-state index contributed by atoms with van der Waals surface area (Å²) in [7, 11) is -3.08. The molecule has 7 heteroatoms. The van der Waals surface area contributed by atoms with Gasteiger partial charge in [0.05, 0.1) is 0 Å². The number of para-hydroxylation sites is 1. The molecule has 0 heterocycles. The third-order valence-corrected chi connectivity index (χ3v) is 2.87. The lowest BCUT2D eigenvalue weighted by molar-refractivity contribution is 0.306. The first kappa shape index (κ1) is 14.6. The predicted molar refractivity (Wildman–Crippen MR) is 76.9 cm³/mol. The fourth-order valence-electron chi connectivity index (χ4n) is 1.77. The highest BCUT2D eigenvalue weighted by Crippen LogP contribution is 2.10. The lowest BCUT2D eigenvalue weighted by Crippen LogP contribution is -2.31. The number of benzene rings is 2. The maximum Gasteiger partial charge on any atom is 0.492 e. The van der Waals surface area contributed by atoms with Gasteiger partial charge in [0.25, 0.3) is 0 Å². The van der Waals surface area contributed by atoms with E-state index < -0.39 is 14.2 Å². The van der Waals surface area contributed by atoms with Gasteiger partial charge >= 0.3 is 14.2 Å². The predicted octanol–water partition coefficient (Wildman–Crippen LogP) is -1.37. The molecular formula is C13H14B2O5. The van der Waals surface area contributed by atoms with E-state index in [9.17, 15) is 10.0 Å². The molecule has 0 fully saturated rings. The SMILES string of the molecule is OB(O)c1ccc(COc2ccccc2B(O)O)cc1. The van der Waals surface area contributed by atoms with Gasteiger partial charge in [0.15, 0.2) is 0 Å². The van der Waals surface area contributed by atoms with Crippen LogP contribution in [-0.4, -0.2) is 34.3 Å². The minimum absolute atomic E-state index is 0.242. The molecule has 0 amide bonds. The lowest BCUT2D eigenvalue weighted by atomic mass is 9.79. The van der Waals surface area contributed by atoms with E-state index in [1.165, 1.54) is 0 Å². The molecule has 2 aromatic rings. The molecule has 0 aliphatic carbocycles. The van der Waals surface area contributed by atoms with Gasteiger partial charge in [-0.1, -0.05) is 42.5 Å². The molecule has 4 N–H and O–H groups in total. The van der Waals surface area contributed by atoms with Crippen LogP contribution in [0.3, 0.4) is 0 Å². The molecular weight excluding hydrogens is 258 g/mol. The Hall–Kier alpha value is -1.79. The summed E-state index contributed by atoms with van der Waals surface area (Å²) in [5, 5.41) is 36.4. The largest absolute Gasteiger partial charge is 0.492 e. The summed E-state index contributed by atoms with van der Waals surface area (Å²) in [6, 6.07) is 13.3. The van der Waals surface area contributed by atoms with Gasteiger partial charge in [-0.05, 0) is 17.1 Å². The van der Waals surface area contributed by atoms with Crippen LogP contribution in [0.1, 0.15) is 5.56 Å². The topological polar surface area (TPSA) is 90.2 Å². The van der Waals surface area contributed by atoms with Crippen molar-refractivity contribution in [3.63, 3.8) is 0 Å². The Morgan fingerprint density at radius 2 is 1.45 bits per heavy atom. The maximum absolute atomic E-state index is 9.22. The second-order valence-electron chi connectivity index (χ2n) is 4.32. The molecule has 0 atom stereocenters. The Labute approximate surface area is 117 Å². The lowest BCUT2D eigenvalue weighted by Gasteiger charge is -2.11. The quantitative estimate of drug-likeness (QED) is 0.504. The molecule has 2 rings (SSSR count). The zero-order valence-electron chi connectivity index (χ0n) is 10.7. The highest BCUT2D eigenvalue weighted by molar-refractivity contribution is 6.59. The van der Waals surface area contributed by atoms with E-state index >= 15 is 0 Å². The Morgan fingerprint density at radius 1 is 0.800 bits per heavy atom. The summed E-state index contributed by atoms with van der Waals surface area (Å²) in [4.78, 5) is 0. The summed E-state index contributed by atoms with van der Waals surface area (Å²) in [5.74, 6) is 0.397. The van der Waals surface area contributed by atoms with Crippen LogP contribution in [0.5, 0.6) is 5.75 Å². The van der Waals surface area contributed by atoms with Gasteiger partial charge in [-0.25, -0.2) is 0 Å². The first-order chi connectivity index (χ1) is 9.58. The maximum atomic E-state index is 9.22. The summed E-state index contributed by atoms with van der Waals surface area (Å²) in [6.07, 6.45) is 0. The van der Waals surface area contributed by atoms with E-state index in [0.717, 1.165) is 5.56 Å². The van der Waals surface area contributed by atoms with Crippen LogP contribution in [0.25, 0.3) is 0 Å². The molecule has 5 nitrogen and oxygen atoms in total. The first-order valence-corrected chi connectivity index (χ1v) is 6.11. The summed E-state index contributed by atoms with van der Waals surface area (Å²) >= 11 is 0. The third kappa shape index (κ3) is 3.61. The number of ether oxygens (including phenoxy) is 1. The number of rotatable bonds is 5. The second-order valence-corrected chi connectivity index (χ2v) is 4.32. The van der Waals surface area contributed by atoms with E-state index in [1.54, 1.807) is 48.5 Å². The van der Waals surface area contributed by atoms with Gasteiger partial charge in [-0.3, -0.25) is 0 Å². The van der Waals surface area contributed by atoms with Gasteiger partial charge < -0.3 is 24.8 Å². The first-order valence-electron chi connectivity index (χ1n) is 6.11. The summed E-state index contributed by atoms with van der Waals surface area (Å²) < 4.78 is 5.54. The van der Waals surface area contributed by atoms with Crippen molar-refractivity contribution in [1.82, 2.24) is 0 Å². The monoisotopic (exact) mass is 272 g/mol. The number of hydrogen-bond acceptors (Lipinski definition) is 5. The molecule has 0 saturated carbocycles. The molecule has 0 spiro atoms. The molecule has 0 saturated heterocycles. The molecule has 0 bridgehead atoms. The van der Waals surface area contributed by atoms with Gasteiger partial charge in [0.1, 0.15) is 12.4 Å². The second kappa shape index (κ2) is 6.58. The van der Waals surface area contributed by atoms with Crippen molar-refractivity contribution in [3.05, 3.63) is 54.1 Å². The number of hydrogen-bond donors (Lipinski definition) is 4. The molecule has 2 aromatic carbocycles. The van der Waals surface area contributed by atoms with E-state index in [-0.39, 0.29) is 6.61 Å². The Balaban J connectivity index is 2.05. The Morgan fingerprint density at radius 3 is 2.05 bits per heavy atom. The van der Waals surface area contributed by atoms with E-state index in [0.29, 0.717) is 16.7 Å². The molecule has 0 radical (unpaired) electrons. The molecule has 0 unspecified atom stereocenters. The standard InChI is InChI=1S/C13H14B2O5/c16-14(17)11-7-5-10(6-8-11)9-20-13-4-2-1-3-12(13)15(18)19/h1-8,16-19H,9H2. The summed E-state index contributed by atoms with van der Waals surface area (Å²) in [5.41, 5.74) is 1.53. The average molecular weight is 272 g/mol. The van der Waals surface area contributed by atoms with Crippen LogP contribution in [-0.2, 0) is 6.61 Å². The zero-order valence-corrected chi connectivity index (χ0v) is 10.7. The van der Waals surface area contributed by atoms with Crippen LogP contribution in [0.4, 0.5) is 0 Å². The highest BCUT2D eigenvalue weighted by atomic mass is 16.5. The van der Waals surface area contributed by atoms with Gasteiger partial charge in [0, 0.05) is 5.46 Å². The van der Waals surface area contributed by atoms with E-state index in [1.807, 2.05) is 0 Å². The van der Waals surface area contributed by atoms with Crippen LogP contribution in [0.2, 0.25) is 0 Å². The smallest absolute Gasteiger partial charge is 0.489 e. The van der Waals surface area contributed by atoms with Crippen molar-refractivity contribution in [2.75, 3.05) is 0 Å². The minimum Gasteiger partial charge on any atom is -0.489 e. The Kier molecular flexibility index (Phi) is 4.81. The van der Waals surface area contributed by atoms with Crippen molar-refractivity contribution < 1.29 is 24.8 Å². The fraction of sp³-hybridized carbons (Fsp3) is 0.0769. The van der Waals surface area contributed by atoms with Crippen LogP contribution in [0, 0.1) is 0 Å². The molecule has 102 valence electrons. The summed E-state index contributed by atoms with van der Waals surface area (Å²) in [6.45, 7) is 0.242. The van der Waals surface area contributed by atoms with Gasteiger partial charge in [-0.2, -0.15) is 0 Å². The average Bonchev–Trinajstić information content (AvgIpc) is 2.45. The van der Waals surface area contributed by atoms with Gasteiger partial charge in [0.2, 0.25) is 0 Å². The van der Waals surface area contributed by atoms with Crippen molar-refractivity contribution in [3.8, 4) is 5.75 Å². The van der Waals surface area contributed by atoms with Crippen molar-refractivity contribution in [2.24, 2.45) is 0 Å². The zero-order chi connectivity index (χ0) is 14.5. The molecule has 0 aliphatic rings. The normalized spacial score (nSPS) is 10.2. The highest BCUT2D eigenvalue weighted by Gasteiger charge is 2.16. The molecule has 0 aromatic heterocycles. The van der Waals surface area contributed by atoms with Gasteiger partial charge in [-0.15, -0.1) is 0 Å². The Bertz CT molecular complexity index is 557.